The van der Waals surface area contributed by atoms with Crippen molar-refractivity contribution in [3.63, 3.8) is 0 Å². The lowest BCUT2D eigenvalue weighted by molar-refractivity contribution is 0.0607. The second-order valence-corrected chi connectivity index (χ2v) is 10.3. The van der Waals surface area contributed by atoms with Crippen molar-refractivity contribution in [2.45, 2.75) is 39.2 Å². The number of benzene rings is 1. The number of aromatic nitrogens is 3. The van der Waals surface area contributed by atoms with Crippen LogP contribution in [0, 0.1) is 13.8 Å². The van der Waals surface area contributed by atoms with Gasteiger partial charge < -0.3 is 4.90 Å². The first-order chi connectivity index (χ1) is 15.0. The number of nitrogens with one attached hydrogen (secondary N) is 2. The number of fused-ring (bicyclic) bond motifs is 1. The number of amides is 1. The lowest BCUT2D eigenvalue weighted by Gasteiger charge is -2.35. The van der Waals surface area contributed by atoms with Crippen LogP contribution in [0.2, 0.25) is 5.02 Å². The molecule has 1 aliphatic rings. The lowest BCUT2D eigenvalue weighted by atomic mass is 9.98. The molecule has 1 amide bonds. The molecule has 0 saturated carbocycles. The number of rotatable bonds is 4. The molecule has 4 rings (SSSR count). The molecule has 1 fully saturated rings. The van der Waals surface area contributed by atoms with Gasteiger partial charge in [-0.2, -0.15) is 0 Å². The molecular weight excluding hydrogens is 454 g/mol. The molecule has 32 heavy (non-hydrogen) atoms. The quantitative estimate of drug-likeness (QED) is 0.599. The van der Waals surface area contributed by atoms with Crippen LogP contribution in [0.5, 0.6) is 0 Å². The average molecular weight is 478 g/mol. The van der Waals surface area contributed by atoms with Crippen molar-refractivity contribution in [2.75, 3.05) is 17.5 Å². The maximum atomic E-state index is 13.6. The first kappa shape index (κ1) is 22.3. The van der Waals surface area contributed by atoms with Crippen molar-refractivity contribution in [1.29, 1.82) is 0 Å². The predicted molar refractivity (Wildman–Crippen MR) is 123 cm³/mol. The maximum absolute atomic E-state index is 13.6. The minimum atomic E-state index is -3.59. The smallest absolute Gasteiger partial charge is 0.275 e. The zero-order chi connectivity index (χ0) is 23.2. The van der Waals surface area contributed by atoms with E-state index >= 15 is 0 Å². The highest BCUT2D eigenvalue weighted by atomic mass is 35.5. The van der Waals surface area contributed by atoms with Crippen LogP contribution in [0.15, 0.2) is 29.1 Å². The summed E-state index contributed by atoms with van der Waals surface area (Å²) in [6.45, 7) is 4.00. The number of sulfonamides is 1. The van der Waals surface area contributed by atoms with Gasteiger partial charge in [0.1, 0.15) is 0 Å². The Morgan fingerprint density at radius 3 is 2.72 bits per heavy atom. The number of piperidine rings is 1. The van der Waals surface area contributed by atoms with Crippen LogP contribution in [-0.2, 0) is 10.0 Å². The molecule has 11 heteroatoms. The van der Waals surface area contributed by atoms with E-state index in [1.807, 2.05) is 0 Å². The van der Waals surface area contributed by atoms with Crippen molar-refractivity contribution in [1.82, 2.24) is 19.5 Å². The van der Waals surface area contributed by atoms with Gasteiger partial charge in [-0.25, -0.2) is 17.9 Å². The summed E-state index contributed by atoms with van der Waals surface area (Å²) in [7, 11) is -3.59. The van der Waals surface area contributed by atoms with E-state index in [9.17, 15) is 18.0 Å². The molecule has 9 nitrogen and oxygen atoms in total. The number of likely N-dealkylation sites (tertiary alicyclic amines) is 1. The Hall–Kier alpha value is -2.85. The van der Waals surface area contributed by atoms with E-state index in [1.54, 1.807) is 24.8 Å². The summed E-state index contributed by atoms with van der Waals surface area (Å²) in [5.74, 6) is -0.338. The Balaban J connectivity index is 1.76. The van der Waals surface area contributed by atoms with Gasteiger partial charge in [0.25, 0.3) is 11.5 Å². The summed E-state index contributed by atoms with van der Waals surface area (Å²) in [4.78, 5) is 32.4. The molecular formula is C21H24ClN5O4S. The highest BCUT2D eigenvalue weighted by Crippen LogP contribution is 2.33. The van der Waals surface area contributed by atoms with Crippen molar-refractivity contribution in [3.8, 4) is 0 Å². The Kier molecular flexibility index (Phi) is 5.76. The molecule has 1 saturated heterocycles. The fourth-order valence-electron chi connectivity index (χ4n) is 4.04. The van der Waals surface area contributed by atoms with Gasteiger partial charge in [0, 0.05) is 28.9 Å². The first-order valence-electron chi connectivity index (χ1n) is 10.2. The fourth-order valence-corrected chi connectivity index (χ4v) is 4.79. The summed E-state index contributed by atoms with van der Waals surface area (Å²) in [5, 5.41) is 3.44. The number of anilines is 1. The van der Waals surface area contributed by atoms with Gasteiger partial charge in [-0.3, -0.25) is 19.4 Å². The summed E-state index contributed by atoms with van der Waals surface area (Å²) in [6, 6.07) is 5.95. The number of aromatic amines is 1. The van der Waals surface area contributed by atoms with E-state index in [4.69, 9.17) is 11.6 Å². The van der Waals surface area contributed by atoms with Gasteiger partial charge in [0.15, 0.2) is 5.65 Å². The van der Waals surface area contributed by atoms with Crippen LogP contribution in [0.1, 0.15) is 52.6 Å². The lowest BCUT2D eigenvalue weighted by Crippen LogP contribution is -2.39. The zero-order valence-corrected chi connectivity index (χ0v) is 19.5. The van der Waals surface area contributed by atoms with Gasteiger partial charge in [-0.1, -0.05) is 11.6 Å². The minimum absolute atomic E-state index is 0.173. The van der Waals surface area contributed by atoms with Gasteiger partial charge in [-0.05, 0) is 51.3 Å². The third-order valence-corrected chi connectivity index (χ3v) is 6.56. The standard InChI is InChI=1S/C21H24ClN5O4S/c1-12-13(2)23-19-11-17(24-27(19)20(12)28)18-6-4-5-9-26(18)21(29)15-10-14(22)7-8-16(15)25-32(3,30)31/h7-8,10-11,18,24-25H,4-6,9H2,1-3H3/t18-/m0/s1. The SMILES string of the molecule is Cc1nc2cc([C@@H]3CCCCN3C(=O)c3cc(Cl)ccc3NS(C)(=O)=O)[nH]n2c(=O)c1C. The largest absolute Gasteiger partial charge is 0.330 e. The number of hydrogen-bond acceptors (Lipinski definition) is 5. The van der Waals surface area contributed by atoms with Gasteiger partial charge >= 0.3 is 0 Å². The van der Waals surface area contributed by atoms with Gasteiger partial charge in [-0.15, -0.1) is 0 Å². The summed E-state index contributed by atoms with van der Waals surface area (Å²) in [5.41, 5.74) is 2.58. The number of hydrogen-bond donors (Lipinski definition) is 2. The zero-order valence-electron chi connectivity index (χ0n) is 18.0. The third kappa shape index (κ3) is 4.24. The number of H-pyrrole nitrogens is 1. The molecule has 1 aromatic carbocycles. The number of halogens is 1. The predicted octanol–water partition coefficient (Wildman–Crippen LogP) is 3.03. The molecule has 0 radical (unpaired) electrons. The summed E-state index contributed by atoms with van der Waals surface area (Å²) in [6.07, 6.45) is 3.45. The molecule has 0 aliphatic carbocycles. The molecule has 3 heterocycles. The molecule has 0 unspecified atom stereocenters. The first-order valence-corrected chi connectivity index (χ1v) is 12.5. The van der Waals surface area contributed by atoms with Crippen LogP contribution < -0.4 is 10.3 Å². The normalized spacial score (nSPS) is 17.0. The Labute approximate surface area is 190 Å². The second kappa shape index (κ2) is 8.25. The maximum Gasteiger partial charge on any atom is 0.275 e. The van der Waals surface area contributed by atoms with Crippen LogP contribution in [0.4, 0.5) is 5.69 Å². The molecule has 2 aromatic heterocycles. The van der Waals surface area contributed by atoms with Crippen molar-refractivity contribution in [2.24, 2.45) is 0 Å². The minimum Gasteiger partial charge on any atom is -0.330 e. The van der Waals surface area contributed by atoms with E-state index in [0.717, 1.165) is 19.1 Å². The Morgan fingerprint density at radius 2 is 2.00 bits per heavy atom. The topological polar surface area (TPSA) is 117 Å². The fraction of sp³-hybridized carbons (Fsp3) is 0.381. The molecule has 1 aliphatic heterocycles. The summed E-state index contributed by atoms with van der Waals surface area (Å²) >= 11 is 6.12. The van der Waals surface area contributed by atoms with Crippen molar-refractivity contribution >= 4 is 38.9 Å². The molecule has 0 bridgehead atoms. The number of aryl methyl sites for hydroxylation is 1. The highest BCUT2D eigenvalue weighted by molar-refractivity contribution is 7.92. The van der Waals surface area contributed by atoms with Gasteiger partial charge in [0.2, 0.25) is 10.0 Å². The Bertz CT molecular complexity index is 1380. The molecule has 2 N–H and O–H groups in total. The van der Waals surface area contributed by atoms with Crippen LogP contribution in [0.3, 0.4) is 0 Å². The summed E-state index contributed by atoms with van der Waals surface area (Å²) < 4.78 is 27.4. The van der Waals surface area contributed by atoms with Crippen molar-refractivity contribution < 1.29 is 13.2 Å². The Morgan fingerprint density at radius 1 is 1.25 bits per heavy atom. The van der Waals surface area contributed by atoms with E-state index in [-0.39, 0.29) is 28.8 Å². The number of nitrogens with zero attached hydrogens (tertiary/aromatic N) is 3. The monoisotopic (exact) mass is 477 g/mol. The third-order valence-electron chi connectivity index (χ3n) is 5.73. The molecule has 170 valence electrons. The van der Waals surface area contributed by atoms with Crippen LogP contribution >= 0.6 is 11.6 Å². The van der Waals surface area contributed by atoms with E-state index in [0.29, 0.717) is 40.6 Å². The van der Waals surface area contributed by atoms with Crippen LogP contribution in [-0.4, -0.2) is 46.6 Å². The van der Waals surface area contributed by atoms with Gasteiger partial charge in [0.05, 0.1) is 29.2 Å². The van der Waals surface area contributed by atoms with E-state index in [1.165, 1.54) is 22.7 Å². The van der Waals surface area contributed by atoms with E-state index < -0.39 is 10.0 Å². The number of carbonyl (C=O) groups excluding carboxylic acids is 1. The number of carbonyl (C=O) groups is 1. The molecule has 1 atom stereocenters. The molecule has 0 spiro atoms. The van der Waals surface area contributed by atoms with Crippen LogP contribution in [0.25, 0.3) is 5.65 Å². The molecule has 3 aromatic rings. The second-order valence-electron chi connectivity index (χ2n) is 8.11. The highest BCUT2D eigenvalue weighted by Gasteiger charge is 2.32. The van der Waals surface area contributed by atoms with E-state index in [2.05, 4.69) is 14.8 Å². The van der Waals surface area contributed by atoms with Crippen molar-refractivity contribution in [3.05, 3.63) is 62.2 Å². The average Bonchev–Trinajstić information content (AvgIpc) is 3.16.